The van der Waals surface area contributed by atoms with E-state index in [1.54, 1.807) is 24.0 Å². The first-order chi connectivity index (χ1) is 17.6. The summed E-state index contributed by atoms with van der Waals surface area (Å²) in [7, 11) is 3.21. The predicted molar refractivity (Wildman–Crippen MR) is 139 cm³/mol. The average molecular weight is 490 g/mol. The molecule has 1 N–H and O–H groups in total. The first kappa shape index (κ1) is 24.2. The minimum Gasteiger partial charge on any atom is -0.493 e. The van der Waals surface area contributed by atoms with Gasteiger partial charge < -0.3 is 24.3 Å². The van der Waals surface area contributed by atoms with Crippen LogP contribution in [0.3, 0.4) is 0 Å². The maximum Gasteiger partial charge on any atom is 0.246 e. The standard InChI is InChI=1S/C29H35N3O4/c1-4-5-6-7-10-16-31-18-25(33)32-23(29(31)34)17-21-19-12-8-9-14-22(19)30-26(21)27(32)20-13-11-15-24(35-2)28(20)36-3/h8-9,11-15,23,27,30H,4-7,10,16-18H2,1-3H3/t23-,27+/m0/s1. The van der Waals surface area contributed by atoms with Crippen molar-refractivity contribution in [3.8, 4) is 11.5 Å². The van der Waals surface area contributed by atoms with Crippen molar-refractivity contribution in [3.05, 3.63) is 59.3 Å². The number of nitrogens with zero attached hydrogens (tertiary/aromatic N) is 2. The fourth-order valence-electron chi connectivity index (χ4n) is 5.87. The summed E-state index contributed by atoms with van der Waals surface area (Å²) in [6, 6.07) is 12.8. The van der Waals surface area contributed by atoms with Crippen molar-refractivity contribution >= 4 is 22.7 Å². The van der Waals surface area contributed by atoms with Crippen LogP contribution in [0.4, 0.5) is 0 Å². The van der Waals surface area contributed by atoms with Gasteiger partial charge in [0, 0.05) is 35.1 Å². The van der Waals surface area contributed by atoms with Crippen LogP contribution in [0, 0.1) is 0 Å². The molecule has 7 heteroatoms. The van der Waals surface area contributed by atoms with Gasteiger partial charge in [0.2, 0.25) is 11.8 Å². The largest absolute Gasteiger partial charge is 0.493 e. The maximum atomic E-state index is 13.8. The number of ether oxygens (including phenoxy) is 2. The molecule has 5 rings (SSSR count). The molecule has 0 unspecified atom stereocenters. The molecule has 2 amide bonds. The smallest absolute Gasteiger partial charge is 0.246 e. The van der Waals surface area contributed by atoms with Gasteiger partial charge in [-0.15, -0.1) is 0 Å². The number of methoxy groups -OCH3 is 2. The zero-order chi connectivity index (χ0) is 25.2. The zero-order valence-electron chi connectivity index (χ0n) is 21.4. The number of H-pyrrole nitrogens is 1. The molecule has 0 spiro atoms. The molecule has 2 aromatic carbocycles. The van der Waals surface area contributed by atoms with Crippen LogP contribution in [0.25, 0.3) is 10.9 Å². The summed E-state index contributed by atoms with van der Waals surface area (Å²) in [5.74, 6) is 1.17. The molecule has 0 radical (unpaired) electrons. The summed E-state index contributed by atoms with van der Waals surface area (Å²) in [6.07, 6.45) is 6.06. The molecule has 2 aliphatic heterocycles. The summed E-state index contributed by atoms with van der Waals surface area (Å²) >= 11 is 0. The van der Waals surface area contributed by atoms with Crippen LogP contribution in [-0.4, -0.2) is 59.9 Å². The lowest BCUT2D eigenvalue weighted by Crippen LogP contribution is -2.63. The number of aromatic amines is 1. The van der Waals surface area contributed by atoms with Gasteiger partial charge in [0.05, 0.1) is 20.8 Å². The first-order valence-electron chi connectivity index (χ1n) is 13.0. The lowest BCUT2D eigenvalue weighted by molar-refractivity contribution is -0.158. The number of fused-ring (bicyclic) bond motifs is 4. The third-order valence-corrected chi connectivity index (χ3v) is 7.60. The van der Waals surface area contributed by atoms with Crippen molar-refractivity contribution in [3.63, 3.8) is 0 Å². The van der Waals surface area contributed by atoms with Crippen molar-refractivity contribution in [1.29, 1.82) is 0 Å². The van der Waals surface area contributed by atoms with Gasteiger partial charge in [0.1, 0.15) is 12.1 Å². The molecule has 190 valence electrons. The number of carbonyl (C=O) groups is 2. The predicted octanol–water partition coefficient (Wildman–Crippen LogP) is 4.84. The Morgan fingerprint density at radius 2 is 1.78 bits per heavy atom. The summed E-state index contributed by atoms with van der Waals surface area (Å²) < 4.78 is 11.4. The molecule has 0 aliphatic carbocycles. The van der Waals surface area contributed by atoms with E-state index in [9.17, 15) is 9.59 Å². The van der Waals surface area contributed by atoms with Gasteiger partial charge in [-0.05, 0) is 24.1 Å². The summed E-state index contributed by atoms with van der Waals surface area (Å²) in [5.41, 5.74) is 3.84. The van der Waals surface area contributed by atoms with Crippen molar-refractivity contribution in [2.45, 2.75) is 57.5 Å². The van der Waals surface area contributed by atoms with Crippen molar-refractivity contribution in [1.82, 2.24) is 14.8 Å². The van der Waals surface area contributed by atoms with E-state index < -0.39 is 12.1 Å². The summed E-state index contributed by atoms with van der Waals surface area (Å²) in [4.78, 5) is 34.7. The molecule has 0 saturated carbocycles. The van der Waals surface area contributed by atoms with Crippen molar-refractivity contribution in [2.75, 3.05) is 27.3 Å². The van der Waals surface area contributed by atoms with Crippen LogP contribution < -0.4 is 9.47 Å². The van der Waals surface area contributed by atoms with Gasteiger partial charge in [-0.2, -0.15) is 0 Å². The van der Waals surface area contributed by atoms with E-state index in [-0.39, 0.29) is 18.4 Å². The molecule has 36 heavy (non-hydrogen) atoms. The average Bonchev–Trinajstić information content (AvgIpc) is 3.28. The number of nitrogens with one attached hydrogen (secondary N) is 1. The molecular weight excluding hydrogens is 454 g/mol. The molecule has 2 aliphatic rings. The van der Waals surface area contributed by atoms with Crippen LogP contribution in [0.15, 0.2) is 42.5 Å². The Hall–Kier alpha value is -3.48. The van der Waals surface area contributed by atoms with Gasteiger partial charge in [0.15, 0.2) is 11.5 Å². The zero-order valence-corrected chi connectivity index (χ0v) is 21.4. The molecule has 1 saturated heterocycles. The van der Waals surface area contributed by atoms with Gasteiger partial charge in [0.25, 0.3) is 0 Å². The molecule has 0 bridgehead atoms. The molecule has 1 aromatic heterocycles. The Morgan fingerprint density at radius 3 is 2.56 bits per heavy atom. The molecule has 3 heterocycles. The molecule has 1 fully saturated rings. The van der Waals surface area contributed by atoms with E-state index in [1.165, 1.54) is 19.3 Å². The minimum absolute atomic E-state index is 0.0349. The number of unbranched alkanes of at least 4 members (excludes halogenated alkanes) is 4. The Kier molecular flexibility index (Phi) is 6.90. The van der Waals surface area contributed by atoms with Gasteiger partial charge >= 0.3 is 0 Å². The minimum atomic E-state index is -0.547. The lowest BCUT2D eigenvalue weighted by Gasteiger charge is -2.47. The first-order valence-corrected chi connectivity index (χ1v) is 13.0. The van der Waals surface area contributed by atoms with Crippen LogP contribution in [0.1, 0.15) is 61.9 Å². The quantitative estimate of drug-likeness (QED) is 0.437. The lowest BCUT2D eigenvalue weighted by atomic mass is 9.85. The Balaban J connectivity index is 1.57. The van der Waals surface area contributed by atoms with Crippen molar-refractivity contribution < 1.29 is 19.1 Å². The fourth-order valence-corrected chi connectivity index (χ4v) is 5.87. The number of hydrogen-bond donors (Lipinski definition) is 1. The van der Waals surface area contributed by atoms with E-state index in [2.05, 4.69) is 18.0 Å². The normalized spacial score (nSPS) is 19.4. The highest BCUT2D eigenvalue weighted by Crippen LogP contribution is 2.46. The van der Waals surface area contributed by atoms with E-state index in [1.807, 2.05) is 36.4 Å². The van der Waals surface area contributed by atoms with Crippen LogP contribution in [-0.2, 0) is 16.0 Å². The van der Waals surface area contributed by atoms with E-state index >= 15 is 0 Å². The Morgan fingerprint density at radius 1 is 0.972 bits per heavy atom. The number of amides is 2. The highest BCUT2D eigenvalue weighted by Gasteiger charge is 2.48. The van der Waals surface area contributed by atoms with E-state index in [0.29, 0.717) is 24.5 Å². The molecular formula is C29H35N3O4. The highest BCUT2D eigenvalue weighted by molar-refractivity contribution is 5.97. The number of benzene rings is 2. The number of hydrogen-bond acceptors (Lipinski definition) is 4. The second-order valence-electron chi connectivity index (χ2n) is 9.74. The Labute approximate surface area is 212 Å². The molecule has 2 atom stereocenters. The third-order valence-electron chi connectivity index (χ3n) is 7.60. The number of piperazine rings is 1. The Bertz CT molecular complexity index is 1270. The van der Waals surface area contributed by atoms with Crippen LogP contribution >= 0.6 is 0 Å². The fraction of sp³-hybridized carbons (Fsp3) is 0.448. The third kappa shape index (κ3) is 4.10. The topological polar surface area (TPSA) is 74.9 Å². The summed E-state index contributed by atoms with van der Waals surface area (Å²) in [6.45, 7) is 2.94. The highest BCUT2D eigenvalue weighted by atomic mass is 16.5. The monoisotopic (exact) mass is 489 g/mol. The molecule has 3 aromatic rings. The van der Waals surface area contributed by atoms with E-state index in [0.717, 1.165) is 40.6 Å². The maximum absolute atomic E-state index is 13.8. The number of carbonyl (C=O) groups excluding carboxylic acids is 2. The van der Waals surface area contributed by atoms with Crippen LogP contribution in [0.2, 0.25) is 0 Å². The van der Waals surface area contributed by atoms with Gasteiger partial charge in [-0.3, -0.25) is 9.59 Å². The van der Waals surface area contributed by atoms with Crippen LogP contribution in [0.5, 0.6) is 11.5 Å². The SMILES string of the molecule is CCCCCCCN1CC(=O)N2[C@H](c3cccc(OC)c3OC)c3[nH]c4ccccc4c3C[C@H]2C1=O. The number of para-hydroxylation sites is 2. The van der Waals surface area contributed by atoms with Crippen molar-refractivity contribution in [2.24, 2.45) is 0 Å². The second-order valence-corrected chi connectivity index (χ2v) is 9.74. The van der Waals surface area contributed by atoms with Gasteiger partial charge in [-0.25, -0.2) is 0 Å². The van der Waals surface area contributed by atoms with Gasteiger partial charge in [-0.1, -0.05) is 62.9 Å². The van der Waals surface area contributed by atoms with E-state index in [4.69, 9.17) is 9.47 Å². The number of aromatic nitrogens is 1. The second kappa shape index (κ2) is 10.2. The molecule has 7 nitrogen and oxygen atoms in total. The number of rotatable bonds is 9. The summed E-state index contributed by atoms with van der Waals surface area (Å²) in [5, 5.41) is 1.09.